The fourth-order valence-electron chi connectivity index (χ4n) is 2.00. The van der Waals surface area contributed by atoms with Crippen molar-refractivity contribution in [3.63, 3.8) is 0 Å². The quantitative estimate of drug-likeness (QED) is 0.651. The maximum Gasteiger partial charge on any atom is 0.126 e. The summed E-state index contributed by atoms with van der Waals surface area (Å²) >= 11 is 0. The molecule has 124 valence electrons. The molecule has 0 radical (unpaired) electrons. The van der Waals surface area contributed by atoms with Gasteiger partial charge in [-0.1, -0.05) is 74.5 Å². The van der Waals surface area contributed by atoms with E-state index >= 15 is 0 Å². The van der Waals surface area contributed by atoms with Gasteiger partial charge in [0.15, 0.2) is 0 Å². The van der Waals surface area contributed by atoms with Crippen LogP contribution in [0, 0.1) is 0 Å². The maximum absolute atomic E-state index is 5.55. The number of benzene rings is 2. The van der Waals surface area contributed by atoms with Gasteiger partial charge in [-0.25, -0.2) is 0 Å². The SMILES string of the molecule is C/C=C/c1ccccc1OCCOC.CC(C)c1ccccc1. The molecule has 0 aliphatic carbocycles. The van der Waals surface area contributed by atoms with Crippen molar-refractivity contribution in [2.45, 2.75) is 26.7 Å². The average Bonchev–Trinajstić information content (AvgIpc) is 2.58. The lowest BCUT2D eigenvalue weighted by Crippen LogP contribution is -2.04. The van der Waals surface area contributed by atoms with Crippen molar-refractivity contribution in [1.29, 1.82) is 0 Å². The molecule has 0 aromatic heterocycles. The van der Waals surface area contributed by atoms with Gasteiger partial charge in [-0.2, -0.15) is 0 Å². The first-order chi connectivity index (χ1) is 11.2. The highest BCUT2D eigenvalue weighted by molar-refractivity contribution is 5.56. The molecular formula is C21H28O2. The Hall–Kier alpha value is -2.06. The van der Waals surface area contributed by atoms with Crippen LogP contribution in [0.5, 0.6) is 5.75 Å². The third-order valence-electron chi connectivity index (χ3n) is 3.28. The molecule has 0 spiro atoms. The van der Waals surface area contributed by atoms with Crippen LogP contribution in [0.25, 0.3) is 6.08 Å². The van der Waals surface area contributed by atoms with Crippen LogP contribution in [0.1, 0.15) is 37.8 Å². The molecule has 0 saturated carbocycles. The normalized spacial score (nSPS) is 10.5. The lowest BCUT2D eigenvalue weighted by Gasteiger charge is -2.07. The highest BCUT2D eigenvalue weighted by atomic mass is 16.5. The Bertz CT molecular complexity index is 559. The molecule has 2 nitrogen and oxygen atoms in total. The zero-order valence-electron chi connectivity index (χ0n) is 14.7. The third-order valence-corrected chi connectivity index (χ3v) is 3.28. The lowest BCUT2D eigenvalue weighted by atomic mass is 10.0. The van der Waals surface area contributed by atoms with Crippen LogP contribution < -0.4 is 4.74 Å². The Labute approximate surface area is 140 Å². The maximum atomic E-state index is 5.55. The van der Waals surface area contributed by atoms with E-state index < -0.39 is 0 Å². The molecule has 0 saturated heterocycles. The number of ether oxygens (including phenoxy) is 2. The van der Waals surface area contributed by atoms with Gasteiger partial charge in [0.1, 0.15) is 12.4 Å². The molecule has 2 aromatic carbocycles. The first-order valence-corrected chi connectivity index (χ1v) is 8.07. The first kappa shape index (κ1) is 19.0. The molecule has 2 heteroatoms. The van der Waals surface area contributed by atoms with Crippen LogP contribution in [0.3, 0.4) is 0 Å². The minimum atomic E-state index is 0.588. The zero-order valence-corrected chi connectivity index (χ0v) is 14.7. The van der Waals surface area contributed by atoms with E-state index in [2.05, 4.69) is 38.1 Å². The zero-order chi connectivity index (χ0) is 16.9. The number of methoxy groups -OCH3 is 1. The molecular weight excluding hydrogens is 284 g/mol. The van der Waals surface area contributed by atoms with Crippen LogP contribution in [0.15, 0.2) is 60.7 Å². The Kier molecular flexibility index (Phi) is 9.49. The Balaban J connectivity index is 0.000000253. The van der Waals surface area contributed by atoms with E-state index in [1.54, 1.807) is 7.11 Å². The molecule has 0 fully saturated rings. The van der Waals surface area contributed by atoms with Crippen molar-refractivity contribution in [3.8, 4) is 5.75 Å². The van der Waals surface area contributed by atoms with E-state index in [0.29, 0.717) is 19.1 Å². The molecule has 0 aliphatic rings. The van der Waals surface area contributed by atoms with Crippen molar-refractivity contribution >= 4 is 6.08 Å². The van der Waals surface area contributed by atoms with Crippen molar-refractivity contribution in [1.82, 2.24) is 0 Å². The smallest absolute Gasteiger partial charge is 0.126 e. The number of hydrogen-bond donors (Lipinski definition) is 0. The standard InChI is InChI=1S/C12H16O2.C9H12/c1-3-6-11-7-4-5-8-12(11)14-10-9-13-2;1-8(2)9-6-4-3-5-7-9/h3-8H,9-10H2,1-2H3;3-8H,1-2H3/b6-3+;. The summed E-state index contributed by atoms with van der Waals surface area (Å²) in [5.74, 6) is 1.56. The first-order valence-electron chi connectivity index (χ1n) is 8.07. The Morgan fingerprint density at radius 1 is 0.913 bits per heavy atom. The molecule has 0 N–H and O–H groups in total. The van der Waals surface area contributed by atoms with E-state index in [-0.39, 0.29) is 0 Å². The van der Waals surface area contributed by atoms with E-state index in [9.17, 15) is 0 Å². The number of hydrogen-bond acceptors (Lipinski definition) is 2. The highest BCUT2D eigenvalue weighted by Crippen LogP contribution is 2.19. The number of rotatable bonds is 6. The molecule has 0 heterocycles. The summed E-state index contributed by atoms with van der Waals surface area (Å²) in [5.41, 5.74) is 2.52. The van der Waals surface area contributed by atoms with Gasteiger partial charge in [0.2, 0.25) is 0 Å². The van der Waals surface area contributed by atoms with Crippen LogP contribution in [0.2, 0.25) is 0 Å². The van der Waals surface area contributed by atoms with Gasteiger partial charge >= 0.3 is 0 Å². The second-order valence-corrected chi connectivity index (χ2v) is 5.44. The fraction of sp³-hybridized carbons (Fsp3) is 0.333. The Morgan fingerprint density at radius 3 is 2.13 bits per heavy atom. The molecule has 0 atom stereocenters. The van der Waals surface area contributed by atoms with Crippen molar-refractivity contribution in [2.75, 3.05) is 20.3 Å². The molecule has 23 heavy (non-hydrogen) atoms. The van der Waals surface area contributed by atoms with Gasteiger partial charge in [-0.05, 0) is 24.5 Å². The topological polar surface area (TPSA) is 18.5 Å². The van der Waals surface area contributed by atoms with Gasteiger partial charge in [0, 0.05) is 12.7 Å². The van der Waals surface area contributed by atoms with E-state index in [1.807, 2.05) is 49.4 Å². The average molecular weight is 312 g/mol. The summed E-state index contributed by atoms with van der Waals surface area (Å²) in [5, 5.41) is 0. The molecule has 0 bridgehead atoms. The van der Waals surface area contributed by atoms with Crippen LogP contribution in [0.4, 0.5) is 0 Å². The second-order valence-electron chi connectivity index (χ2n) is 5.44. The highest BCUT2D eigenvalue weighted by Gasteiger charge is 1.98. The van der Waals surface area contributed by atoms with Crippen LogP contribution in [-0.2, 0) is 4.74 Å². The fourth-order valence-corrected chi connectivity index (χ4v) is 2.00. The van der Waals surface area contributed by atoms with E-state index in [4.69, 9.17) is 9.47 Å². The molecule has 2 rings (SSSR count). The van der Waals surface area contributed by atoms with Gasteiger partial charge in [0.25, 0.3) is 0 Å². The summed E-state index contributed by atoms with van der Waals surface area (Å²) in [7, 11) is 1.67. The van der Waals surface area contributed by atoms with E-state index in [0.717, 1.165) is 11.3 Å². The predicted molar refractivity (Wildman–Crippen MR) is 99.1 cm³/mol. The van der Waals surface area contributed by atoms with Crippen molar-refractivity contribution < 1.29 is 9.47 Å². The minimum Gasteiger partial charge on any atom is -0.491 e. The summed E-state index contributed by atoms with van der Waals surface area (Å²) in [6.45, 7) is 7.60. The number of allylic oxidation sites excluding steroid dienone is 1. The van der Waals surface area contributed by atoms with Gasteiger partial charge in [-0.3, -0.25) is 0 Å². The Morgan fingerprint density at radius 2 is 1.57 bits per heavy atom. The summed E-state index contributed by atoms with van der Waals surface area (Å²) < 4.78 is 10.5. The summed E-state index contributed by atoms with van der Waals surface area (Å²) in [4.78, 5) is 0. The van der Waals surface area contributed by atoms with Gasteiger partial charge in [-0.15, -0.1) is 0 Å². The number of para-hydroxylation sites is 1. The predicted octanol–water partition coefficient (Wildman–Crippen LogP) is 5.55. The minimum absolute atomic E-state index is 0.588. The lowest BCUT2D eigenvalue weighted by molar-refractivity contribution is 0.146. The summed E-state index contributed by atoms with van der Waals surface area (Å²) in [6.07, 6.45) is 4.03. The largest absolute Gasteiger partial charge is 0.491 e. The molecule has 0 aliphatic heterocycles. The third kappa shape index (κ3) is 7.66. The van der Waals surface area contributed by atoms with Crippen molar-refractivity contribution in [3.05, 3.63) is 71.8 Å². The van der Waals surface area contributed by atoms with Crippen molar-refractivity contribution in [2.24, 2.45) is 0 Å². The summed E-state index contributed by atoms with van der Waals surface area (Å²) in [6, 6.07) is 18.5. The molecule has 2 aromatic rings. The van der Waals surface area contributed by atoms with Crippen LogP contribution in [-0.4, -0.2) is 20.3 Å². The monoisotopic (exact) mass is 312 g/mol. The van der Waals surface area contributed by atoms with E-state index in [1.165, 1.54) is 5.56 Å². The van der Waals surface area contributed by atoms with Crippen LogP contribution >= 0.6 is 0 Å². The van der Waals surface area contributed by atoms with Gasteiger partial charge < -0.3 is 9.47 Å². The second kappa shape index (κ2) is 11.5. The molecule has 0 unspecified atom stereocenters. The molecule has 0 amide bonds. The van der Waals surface area contributed by atoms with Gasteiger partial charge in [0.05, 0.1) is 6.61 Å².